The molecule has 22 heavy (non-hydrogen) atoms. The van der Waals surface area contributed by atoms with Crippen molar-refractivity contribution in [3.8, 4) is 23.0 Å². The van der Waals surface area contributed by atoms with Crippen molar-refractivity contribution in [2.24, 2.45) is 0 Å². The van der Waals surface area contributed by atoms with Gasteiger partial charge >= 0.3 is 0 Å². The standard InChI is InChI=1S/C13H8Br2FN5O/c14-4-6-1-2-7(8(16)3-6)12-20-21-13(22-12)10-11(17)18-5-9(15)19-10/h1-3,5H,4H2,(H2,17,18). The van der Waals surface area contributed by atoms with Crippen molar-refractivity contribution in [2.45, 2.75) is 5.33 Å². The summed E-state index contributed by atoms with van der Waals surface area (Å²) in [6.07, 6.45) is 1.45. The number of aromatic nitrogens is 4. The van der Waals surface area contributed by atoms with Gasteiger partial charge < -0.3 is 10.2 Å². The SMILES string of the molecule is Nc1ncc(Br)nc1-c1nnc(-c2ccc(CBr)cc2F)o1. The summed E-state index contributed by atoms with van der Waals surface area (Å²) in [7, 11) is 0. The molecule has 0 amide bonds. The topological polar surface area (TPSA) is 90.7 Å². The van der Waals surface area contributed by atoms with Crippen LogP contribution < -0.4 is 5.73 Å². The van der Waals surface area contributed by atoms with E-state index in [4.69, 9.17) is 10.2 Å². The number of halogens is 3. The van der Waals surface area contributed by atoms with E-state index in [9.17, 15) is 4.39 Å². The van der Waals surface area contributed by atoms with Crippen molar-refractivity contribution in [1.29, 1.82) is 0 Å². The highest BCUT2D eigenvalue weighted by atomic mass is 79.9. The fourth-order valence-electron chi connectivity index (χ4n) is 1.78. The zero-order valence-electron chi connectivity index (χ0n) is 10.9. The maximum atomic E-state index is 14.1. The molecule has 1 aromatic carbocycles. The maximum Gasteiger partial charge on any atom is 0.270 e. The first kappa shape index (κ1) is 15.0. The van der Waals surface area contributed by atoms with Crippen LogP contribution in [0.5, 0.6) is 0 Å². The fraction of sp³-hybridized carbons (Fsp3) is 0.0769. The second-order valence-corrected chi connectivity index (χ2v) is 5.66. The Morgan fingerprint density at radius 3 is 2.73 bits per heavy atom. The highest BCUT2D eigenvalue weighted by Gasteiger charge is 2.18. The average Bonchev–Trinajstić information content (AvgIpc) is 2.99. The molecule has 0 fully saturated rings. The third-order valence-electron chi connectivity index (χ3n) is 2.82. The predicted octanol–water partition coefficient (Wildman–Crippen LogP) is 3.57. The number of rotatable bonds is 3. The quantitative estimate of drug-likeness (QED) is 0.641. The molecule has 0 atom stereocenters. The molecule has 0 aliphatic carbocycles. The van der Waals surface area contributed by atoms with Crippen LogP contribution in [0.25, 0.3) is 23.0 Å². The van der Waals surface area contributed by atoms with Crippen molar-refractivity contribution in [3.63, 3.8) is 0 Å². The molecule has 3 aromatic rings. The number of nitrogens with two attached hydrogens (primary N) is 1. The predicted molar refractivity (Wildman–Crippen MR) is 85.5 cm³/mol. The Morgan fingerprint density at radius 2 is 2.00 bits per heavy atom. The second kappa shape index (κ2) is 6.09. The first-order valence-corrected chi connectivity index (χ1v) is 7.96. The smallest absolute Gasteiger partial charge is 0.270 e. The summed E-state index contributed by atoms with van der Waals surface area (Å²) in [5, 5.41) is 8.25. The van der Waals surface area contributed by atoms with Crippen LogP contribution in [0.3, 0.4) is 0 Å². The number of hydrogen-bond acceptors (Lipinski definition) is 6. The molecule has 0 spiro atoms. The van der Waals surface area contributed by atoms with E-state index in [-0.39, 0.29) is 28.9 Å². The second-order valence-electron chi connectivity index (χ2n) is 4.29. The fourth-order valence-corrected chi connectivity index (χ4v) is 2.41. The van der Waals surface area contributed by atoms with Crippen molar-refractivity contribution in [2.75, 3.05) is 5.73 Å². The van der Waals surface area contributed by atoms with Gasteiger partial charge in [-0.15, -0.1) is 10.2 Å². The highest BCUT2D eigenvalue weighted by Crippen LogP contribution is 2.28. The van der Waals surface area contributed by atoms with Gasteiger partial charge in [0.1, 0.15) is 10.4 Å². The van der Waals surface area contributed by atoms with Gasteiger partial charge in [-0.2, -0.15) is 0 Å². The molecule has 0 saturated carbocycles. The monoisotopic (exact) mass is 427 g/mol. The molecular formula is C13H8Br2FN5O. The van der Waals surface area contributed by atoms with E-state index in [2.05, 4.69) is 52.0 Å². The van der Waals surface area contributed by atoms with E-state index in [1.54, 1.807) is 12.1 Å². The van der Waals surface area contributed by atoms with E-state index in [0.717, 1.165) is 5.56 Å². The van der Waals surface area contributed by atoms with Crippen LogP contribution in [-0.2, 0) is 5.33 Å². The van der Waals surface area contributed by atoms with Crippen LogP contribution in [0.1, 0.15) is 5.56 Å². The van der Waals surface area contributed by atoms with Crippen molar-refractivity contribution >= 4 is 37.7 Å². The summed E-state index contributed by atoms with van der Waals surface area (Å²) in [5.74, 6) is -0.172. The summed E-state index contributed by atoms with van der Waals surface area (Å²) >= 11 is 6.46. The van der Waals surface area contributed by atoms with Crippen LogP contribution in [0, 0.1) is 5.82 Å². The lowest BCUT2D eigenvalue weighted by Crippen LogP contribution is -1.97. The van der Waals surface area contributed by atoms with Gasteiger partial charge in [-0.1, -0.05) is 22.0 Å². The first-order chi connectivity index (χ1) is 10.6. The highest BCUT2D eigenvalue weighted by molar-refractivity contribution is 9.10. The lowest BCUT2D eigenvalue weighted by atomic mass is 10.1. The van der Waals surface area contributed by atoms with Gasteiger partial charge in [-0.3, -0.25) is 0 Å². The Labute approximate surface area is 141 Å². The molecule has 0 saturated heterocycles. The van der Waals surface area contributed by atoms with Crippen LogP contribution in [0.15, 0.2) is 33.4 Å². The molecular weight excluding hydrogens is 421 g/mol. The number of nitrogens with zero attached hydrogens (tertiary/aromatic N) is 4. The average molecular weight is 429 g/mol. The maximum absolute atomic E-state index is 14.1. The van der Waals surface area contributed by atoms with E-state index in [1.165, 1.54) is 12.3 Å². The third kappa shape index (κ3) is 2.86. The summed E-state index contributed by atoms with van der Waals surface area (Å²) in [4.78, 5) is 8.07. The minimum absolute atomic E-state index is 0.0507. The Hall–Kier alpha value is -1.87. The van der Waals surface area contributed by atoms with Gasteiger partial charge in [-0.25, -0.2) is 14.4 Å². The molecule has 0 bridgehead atoms. The summed E-state index contributed by atoms with van der Waals surface area (Å²) < 4.78 is 20.0. The molecule has 2 heterocycles. The lowest BCUT2D eigenvalue weighted by Gasteiger charge is -2.01. The van der Waals surface area contributed by atoms with Gasteiger partial charge in [0.25, 0.3) is 11.8 Å². The Bertz CT molecular complexity index is 839. The first-order valence-electron chi connectivity index (χ1n) is 6.05. The molecule has 2 aromatic heterocycles. The largest absolute Gasteiger partial charge is 0.414 e. The number of hydrogen-bond donors (Lipinski definition) is 1. The Kier molecular flexibility index (Phi) is 4.16. The van der Waals surface area contributed by atoms with Gasteiger partial charge in [-0.05, 0) is 33.6 Å². The Balaban J connectivity index is 2.02. The molecule has 2 N–H and O–H groups in total. The normalized spacial score (nSPS) is 10.9. The van der Waals surface area contributed by atoms with Crippen molar-refractivity contribution in [1.82, 2.24) is 20.2 Å². The molecule has 9 heteroatoms. The van der Waals surface area contributed by atoms with Crippen molar-refractivity contribution < 1.29 is 8.81 Å². The van der Waals surface area contributed by atoms with E-state index in [1.807, 2.05) is 0 Å². The number of alkyl halides is 1. The molecule has 0 unspecified atom stereocenters. The molecule has 0 radical (unpaired) electrons. The van der Waals surface area contributed by atoms with E-state index >= 15 is 0 Å². The molecule has 6 nitrogen and oxygen atoms in total. The lowest BCUT2D eigenvalue weighted by molar-refractivity contribution is 0.568. The molecule has 0 aliphatic rings. The zero-order valence-corrected chi connectivity index (χ0v) is 14.1. The Morgan fingerprint density at radius 1 is 1.23 bits per heavy atom. The summed E-state index contributed by atoms with van der Waals surface area (Å²) in [6.45, 7) is 0. The number of benzene rings is 1. The van der Waals surface area contributed by atoms with E-state index in [0.29, 0.717) is 9.93 Å². The van der Waals surface area contributed by atoms with Gasteiger partial charge in [0.05, 0.1) is 11.8 Å². The summed E-state index contributed by atoms with van der Waals surface area (Å²) in [5.41, 5.74) is 7.00. The van der Waals surface area contributed by atoms with Crippen LogP contribution in [0.4, 0.5) is 10.2 Å². The van der Waals surface area contributed by atoms with Crippen LogP contribution >= 0.6 is 31.9 Å². The minimum Gasteiger partial charge on any atom is -0.414 e. The molecule has 0 aliphatic heterocycles. The molecule has 3 rings (SSSR count). The van der Waals surface area contributed by atoms with Gasteiger partial charge in [0, 0.05) is 5.33 Å². The van der Waals surface area contributed by atoms with Crippen molar-refractivity contribution in [3.05, 3.63) is 40.4 Å². The summed E-state index contributed by atoms with van der Waals surface area (Å²) in [6, 6.07) is 4.75. The van der Waals surface area contributed by atoms with Gasteiger partial charge in [0.2, 0.25) is 0 Å². The van der Waals surface area contributed by atoms with Crippen LogP contribution in [0.2, 0.25) is 0 Å². The van der Waals surface area contributed by atoms with Gasteiger partial charge in [0.15, 0.2) is 11.5 Å². The number of anilines is 1. The van der Waals surface area contributed by atoms with Crippen LogP contribution in [-0.4, -0.2) is 20.2 Å². The zero-order chi connectivity index (χ0) is 15.7. The number of nitrogen functional groups attached to an aromatic ring is 1. The molecule has 112 valence electrons. The minimum atomic E-state index is -0.444. The van der Waals surface area contributed by atoms with E-state index < -0.39 is 5.82 Å². The third-order valence-corrected chi connectivity index (χ3v) is 3.85.